The monoisotopic (exact) mass is 261 g/mol. The molecule has 0 radical (unpaired) electrons. The van der Waals surface area contributed by atoms with E-state index in [1.165, 1.54) is 6.20 Å². The molecule has 0 N–H and O–H groups in total. The van der Waals surface area contributed by atoms with Gasteiger partial charge in [-0.05, 0) is 19.4 Å². The molecule has 0 amide bonds. The second-order valence-electron chi connectivity index (χ2n) is 4.78. The standard InChI is InChI=1S/C14H16FN3O/c1-3-10-13(11-4-6-16-8-12(11)15)17-18-7-5-9(2)19-14(10)18/h4,6,8-9H,3,5,7H2,1-2H3/t9-/m1/s1. The van der Waals surface area contributed by atoms with E-state index in [4.69, 9.17) is 4.74 Å². The van der Waals surface area contributed by atoms with Crippen LogP contribution in [0.25, 0.3) is 11.3 Å². The van der Waals surface area contributed by atoms with Crippen LogP contribution >= 0.6 is 0 Å². The maximum atomic E-state index is 13.9. The maximum absolute atomic E-state index is 13.9. The molecule has 0 saturated heterocycles. The first kappa shape index (κ1) is 12.1. The van der Waals surface area contributed by atoms with Crippen molar-refractivity contribution in [3.8, 4) is 17.1 Å². The Balaban J connectivity index is 2.15. The topological polar surface area (TPSA) is 39.9 Å². The van der Waals surface area contributed by atoms with E-state index in [1.807, 2.05) is 18.5 Å². The summed E-state index contributed by atoms with van der Waals surface area (Å²) in [5.41, 5.74) is 2.13. The van der Waals surface area contributed by atoms with Crippen LogP contribution < -0.4 is 4.74 Å². The third-order valence-corrected chi connectivity index (χ3v) is 3.44. The van der Waals surface area contributed by atoms with Crippen molar-refractivity contribution < 1.29 is 9.13 Å². The molecule has 100 valence electrons. The highest BCUT2D eigenvalue weighted by Gasteiger charge is 2.25. The van der Waals surface area contributed by atoms with Gasteiger partial charge in [-0.25, -0.2) is 9.07 Å². The molecule has 1 atom stereocenters. The molecule has 2 aromatic rings. The van der Waals surface area contributed by atoms with E-state index in [9.17, 15) is 4.39 Å². The third kappa shape index (κ3) is 1.99. The zero-order chi connectivity index (χ0) is 13.4. The lowest BCUT2D eigenvalue weighted by Gasteiger charge is -2.22. The summed E-state index contributed by atoms with van der Waals surface area (Å²) in [5.74, 6) is 0.438. The van der Waals surface area contributed by atoms with Crippen LogP contribution in [0.15, 0.2) is 18.5 Å². The number of hydrogen-bond acceptors (Lipinski definition) is 3. The van der Waals surface area contributed by atoms with Crippen LogP contribution in [0.2, 0.25) is 0 Å². The molecule has 4 nitrogen and oxygen atoms in total. The summed E-state index contributed by atoms with van der Waals surface area (Å²) in [6.07, 6.45) is 4.68. The average Bonchev–Trinajstić information content (AvgIpc) is 2.76. The molecule has 1 aliphatic heterocycles. The number of rotatable bonds is 2. The fourth-order valence-electron chi connectivity index (χ4n) is 2.42. The second kappa shape index (κ2) is 4.64. The van der Waals surface area contributed by atoms with Crippen LogP contribution in [-0.2, 0) is 13.0 Å². The predicted octanol–water partition coefficient (Wildman–Crippen LogP) is 2.82. The predicted molar refractivity (Wildman–Crippen MR) is 69.5 cm³/mol. The number of pyridine rings is 1. The summed E-state index contributed by atoms with van der Waals surface area (Å²) in [6, 6.07) is 1.66. The van der Waals surface area contributed by atoms with Gasteiger partial charge in [-0.2, -0.15) is 5.10 Å². The van der Waals surface area contributed by atoms with E-state index >= 15 is 0 Å². The Hall–Kier alpha value is -1.91. The van der Waals surface area contributed by atoms with Crippen molar-refractivity contribution in [3.05, 3.63) is 29.8 Å². The molecule has 3 heterocycles. The third-order valence-electron chi connectivity index (χ3n) is 3.44. The SMILES string of the molecule is CCc1c(-c2ccncc2F)nn2c1O[C@H](C)CC2. The molecule has 19 heavy (non-hydrogen) atoms. The summed E-state index contributed by atoms with van der Waals surface area (Å²) < 4.78 is 21.6. The molecule has 2 aromatic heterocycles. The van der Waals surface area contributed by atoms with Gasteiger partial charge >= 0.3 is 0 Å². The average molecular weight is 261 g/mol. The number of aryl methyl sites for hydroxylation is 1. The van der Waals surface area contributed by atoms with E-state index in [1.54, 1.807) is 12.3 Å². The van der Waals surface area contributed by atoms with Crippen molar-refractivity contribution in [3.63, 3.8) is 0 Å². The molecule has 0 bridgehead atoms. The van der Waals surface area contributed by atoms with Crippen LogP contribution in [0.3, 0.4) is 0 Å². The highest BCUT2D eigenvalue weighted by molar-refractivity contribution is 5.65. The Labute approximate surface area is 111 Å². The lowest BCUT2D eigenvalue weighted by molar-refractivity contribution is 0.147. The summed E-state index contributed by atoms with van der Waals surface area (Å²) in [4.78, 5) is 3.78. The molecule has 3 rings (SSSR count). The van der Waals surface area contributed by atoms with Gasteiger partial charge in [-0.3, -0.25) is 4.98 Å². The van der Waals surface area contributed by atoms with Gasteiger partial charge in [0.25, 0.3) is 0 Å². The minimum Gasteiger partial charge on any atom is -0.475 e. The van der Waals surface area contributed by atoms with Gasteiger partial charge in [0.1, 0.15) is 5.69 Å². The van der Waals surface area contributed by atoms with E-state index < -0.39 is 0 Å². The quantitative estimate of drug-likeness (QED) is 0.834. The number of ether oxygens (including phenoxy) is 1. The highest BCUT2D eigenvalue weighted by atomic mass is 19.1. The first-order valence-electron chi connectivity index (χ1n) is 6.57. The summed E-state index contributed by atoms with van der Waals surface area (Å²) in [7, 11) is 0. The number of nitrogens with zero attached hydrogens (tertiary/aromatic N) is 3. The van der Waals surface area contributed by atoms with Gasteiger partial charge in [0, 0.05) is 30.3 Å². The summed E-state index contributed by atoms with van der Waals surface area (Å²) >= 11 is 0. The first-order chi connectivity index (χ1) is 9.20. The van der Waals surface area contributed by atoms with E-state index in [-0.39, 0.29) is 11.9 Å². The molecule has 1 aliphatic rings. The van der Waals surface area contributed by atoms with E-state index in [0.717, 1.165) is 30.8 Å². The van der Waals surface area contributed by atoms with Crippen LogP contribution in [0.4, 0.5) is 4.39 Å². The largest absolute Gasteiger partial charge is 0.475 e. The van der Waals surface area contributed by atoms with E-state index in [2.05, 4.69) is 10.1 Å². The number of hydrogen-bond donors (Lipinski definition) is 0. The Morgan fingerprint density at radius 2 is 2.37 bits per heavy atom. The van der Waals surface area contributed by atoms with Crippen molar-refractivity contribution in [2.75, 3.05) is 0 Å². The van der Waals surface area contributed by atoms with Gasteiger partial charge in [0.2, 0.25) is 5.88 Å². The van der Waals surface area contributed by atoms with Crippen LogP contribution in [-0.4, -0.2) is 20.9 Å². The van der Waals surface area contributed by atoms with Crippen LogP contribution in [0.5, 0.6) is 5.88 Å². The molecule has 5 heteroatoms. The van der Waals surface area contributed by atoms with Crippen LogP contribution in [0.1, 0.15) is 25.8 Å². The zero-order valence-corrected chi connectivity index (χ0v) is 11.1. The molecule has 0 spiro atoms. The smallest absolute Gasteiger partial charge is 0.215 e. The van der Waals surface area contributed by atoms with Gasteiger partial charge in [0.15, 0.2) is 5.82 Å². The fourth-order valence-corrected chi connectivity index (χ4v) is 2.42. The summed E-state index contributed by atoms with van der Waals surface area (Å²) in [5, 5.41) is 4.51. The fraction of sp³-hybridized carbons (Fsp3) is 0.429. The minimum absolute atomic E-state index is 0.185. The van der Waals surface area contributed by atoms with Crippen molar-refractivity contribution in [1.82, 2.24) is 14.8 Å². The number of aromatic nitrogens is 3. The zero-order valence-electron chi connectivity index (χ0n) is 11.1. The second-order valence-corrected chi connectivity index (χ2v) is 4.78. The Bertz CT molecular complexity index is 609. The molecule has 0 saturated carbocycles. The number of halogens is 1. The first-order valence-corrected chi connectivity index (χ1v) is 6.57. The van der Waals surface area contributed by atoms with Gasteiger partial charge in [-0.1, -0.05) is 6.92 Å². The van der Waals surface area contributed by atoms with Gasteiger partial charge in [0.05, 0.1) is 12.3 Å². The molecule has 0 aliphatic carbocycles. The molecular formula is C14H16FN3O. The Morgan fingerprint density at radius 3 is 3.11 bits per heavy atom. The molecule has 0 aromatic carbocycles. The molecular weight excluding hydrogens is 245 g/mol. The van der Waals surface area contributed by atoms with Crippen LogP contribution in [0, 0.1) is 5.82 Å². The lowest BCUT2D eigenvalue weighted by Crippen LogP contribution is -2.23. The Morgan fingerprint density at radius 1 is 1.53 bits per heavy atom. The van der Waals surface area contributed by atoms with E-state index in [0.29, 0.717) is 11.3 Å². The lowest BCUT2D eigenvalue weighted by atomic mass is 10.1. The summed E-state index contributed by atoms with van der Waals surface area (Å²) in [6.45, 7) is 4.89. The molecule has 0 fully saturated rings. The Kier molecular flexibility index (Phi) is 2.97. The number of fused-ring (bicyclic) bond motifs is 1. The minimum atomic E-state index is -0.347. The molecule has 0 unspecified atom stereocenters. The van der Waals surface area contributed by atoms with Crippen molar-refractivity contribution in [1.29, 1.82) is 0 Å². The van der Waals surface area contributed by atoms with Crippen molar-refractivity contribution in [2.45, 2.75) is 39.3 Å². The van der Waals surface area contributed by atoms with Gasteiger partial charge < -0.3 is 4.74 Å². The highest BCUT2D eigenvalue weighted by Crippen LogP contribution is 2.34. The normalized spacial score (nSPS) is 17.9. The van der Waals surface area contributed by atoms with Crippen molar-refractivity contribution >= 4 is 0 Å². The maximum Gasteiger partial charge on any atom is 0.215 e. The van der Waals surface area contributed by atoms with Gasteiger partial charge in [-0.15, -0.1) is 0 Å². The van der Waals surface area contributed by atoms with Crippen molar-refractivity contribution in [2.24, 2.45) is 0 Å².